The second kappa shape index (κ2) is 11.5. The first kappa shape index (κ1) is 24.4. The molecule has 6 nitrogen and oxygen atoms in total. The number of hydrogen-bond acceptors (Lipinski definition) is 3. The van der Waals surface area contributed by atoms with Gasteiger partial charge in [-0.2, -0.15) is 0 Å². The highest BCUT2D eigenvalue weighted by molar-refractivity contribution is 6.30. The molecule has 166 valence electrons. The second-order valence-corrected chi connectivity index (χ2v) is 8.03. The minimum Gasteiger partial charge on any atom is -0.340 e. The largest absolute Gasteiger partial charge is 0.340 e. The van der Waals surface area contributed by atoms with Crippen LogP contribution in [0, 0.1) is 5.92 Å². The first-order chi connectivity index (χ1) is 14.8. The third-order valence-electron chi connectivity index (χ3n) is 5.30. The van der Waals surface area contributed by atoms with Gasteiger partial charge < -0.3 is 15.5 Å². The molecule has 2 N–H and O–H groups in total. The average molecular weight is 444 g/mol. The van der Waals surface area contributed by atoms with Gasteiger partial charge in [0.15, 0.2) is 0 Å². The summed E-state index contributed by atoms with van der Waals surface area (Å²) < 4.78 is 0. The van der Waals surface area contributed by atoms with Gasteiger partial charge in [0.25, 0.3) is 5.91 Å². The number of aryl methyl sites for hydroxylation is 1. The summed E-state index contributed by atoms with van der Waals surface area (Å²) in [5.74, 6) is -1.06. The van der Waals surface area contributed by atoms with Crippen LogP contribution in [0.1, 0.15) is 43.1 Å². The van der Waals surface area contributed by atoms with Crippen molar-refractivity contribution in [2.24, 2.45) is 5.92 Å². The van der Waals surface area contributed by atoms with Crippen molar-refractivity contribution in [2.45, 2.75) is 39.7 Å². The van der Waals surface area contributed by atoms with Crippen molar-refractivity contribution in [3.05, 3.63) is 64.7 Å². The Balaban J connectivity index is 2.06. The molecular weight excluding hydrogens is 414 g/mol. The Morgan fingerprint density at radius 3 is 2.29 bits per heavy atom. The molecule has 7 heteroatoms. The van der Waals surface area contributed by atoms with Crippen molar-refractivity contribution in [3.63, 3.8) is 0 Å². The van der Waals surface area contributed by atoms with Crippen molar-refractivity contribution in [2.75, 3.05) is 18.9 Å². The van der Waals surface area contributed by atoms with Crippen LogP contribution >= 0.6 is 11.6 Å². The van der Waals surface area contributed by atoms with Gasteiger partial charge in [0.1, 0.15) is 6.04 Å². The molecule has 0 fully saturated rings. The van der Waals surface area contributed by atoms with E-state index in [1.807, 2.05) is 45.0 Å². The standard InChI is InChI=1S/C24H30ClN3O3/c1-5-16(3)22(27-23(30)18-11-13-19(25)14-12-18)24(31)28(4)15-21(29)26-20-10-8-7-9-17(20)6-2/h7-14,16,22H,5-6,15H2,1-4H3,(H,26,29)(H,27,30). The number of carbonyl (C=O) groups excluding carboxylic acids is 3. The summed E-state index contributed by atoms with van der Waals surface area (Å²) in [4.78, 5) is 39.6. The van der Waals surface area contributed by atoms with Crippen LogP contribution in [-0.4, -0.2) is 42.3 Å². The van der Waals surface area contributed by atoms with Gasteiger partial charge in [-0.05, 0) is 48.2 Å². The van der Waals surface area contributed by atoms with E-state index in [4.69, 9.17) is 11.6 Å². The summed E-state index contributed by atoms with van der Waals surface area (Å²) in [5, 5.41) is 6.22. The Labute approximate surface area is 189 Å². The summed E-state index contributed by atoms with van der Waals surface area (Å²) in [6, 6.07) is 13.3. The molecule has 2 unspecified atom stereocenters. The first-order valence-electron chi connectivity index (χ1n) is 10.5. The quantitative estimate of drug-likeness (QED) is 0.611. The van der Waals surface area contributed by atoms with Gasteiger partial charge in [0.2, 0.25) is 11.8 Å². The number of carbonyl (C=O) groups is 3. The molecular formula is C24H30ClN3O3. The van der Waals surface area contributed by atoms with Crippen LogP contribution in [0.25, 0.3) is 0 Å². The highest BCUT2D eigenvalue weighted by Gasteiger charge is 2.29. The number of likely N-dealkylation sites (N-methyl/N-ethyl adjacent to an activating group) is 1. The summed E-state index contributed by atoms with van der Waals surface area (Å²) in [7, 11) is 1.57. The highest BCUT2D eigenvalue weighted by Crippen LogP contribution is 2.16. The van der Waals surface area contributed by atoms with E-state index in [2.05, 4.69) is 10.6 Å². The van der Waals surface area contributed by atoms with Crippen LogP contribution in [0.2, 0.25) is 5.02 Å². The van der Waals surface area contributed by atoms with Crippen LogP contribution in [0.4, 0.5) is 5.69 Å². The van der Waals surface area contributed by atoms with Crippen LogP contribution in [0.15, 0.2) is 48.5 Å². The van der Waals surface area contributed by atoms with Gasteiger partial charge in [-0.25, -0.2) is 0 Å². The summed E-state index contributed by atoms with van der Waals surface area (Å²) >= 11 is 5.88. The van der Waals surface area contributed by atoms with E-state index >= 15 is 0 Å². The zero-order valence-electron chi connectivity index (χ0n) is 18.4. The van der Waals surface area contributed by atoms with E-state index in [9.17, 15) is 14.4 Å². The van der Waals surface area contributed by atoms with E-state index in [-0.39, 0.29) is 30.2 Å². The lowest BCUT2D eigenvalue weighted by Gasteiger charge is -2.28. The summed E-state index contributed by atoms with van der Waals surface area (Å²) in [6.07, 6.45) is 1.49. The predicted octanol–water partition coefficient (Wildman–Crippen LogP) is 4.14. The zero-order valence-corrected chi connectivity index (χ0v) is 19.2. The van der Waals surface area contributed by atoms with Gasteiger partial charge in [-0.15, -0.1) is 0 Å². The van der Waals surface area contributed by atoms with Crippen molar-refractivity contribution >= 4 is 35.0 Å². The monoisotopic (exact) mass is 443 g/mol. The number of nitrogens with one attached hydrogen (secondary N) is 2. The molecule has 0 spiro atoms. The third-order valence-corrected chi connectivity index (χ3v) is 5.55. The number of anilines is 1. The van der Waals surface area contributed by atoms with Crippen LogP contribution in [-0.2, 0) is 16.0 Å². The van der Waals surface area contributed by atoms with Crippen LogP contribution in [0.5, 0.6) is 0 Å². The highest BCUT2D eigenvalue weighted by atomic mass is 35.5. The van der Waals surface area contributed by atoms with E-state index in [1.165, 1.54) is 4.90 Å². The lowest BCUT2D eigenvalue weighted by Crippen LogP contribution is -2.52. The molecule has 0 aromatic heterocycles. The topological polar surface area (TPSA) is 78.5 Å². The molecule has 2 rings (SSSR count). The third kappa shape index (κ3) is 6.82. The fraction of sp³-hybridized carbons (Fsp3) is 0.375. The minimum atomic E-state index is -0.742. The Hall–Kier alpha value is -2.86. The molecule has 0 radical (unpaired) electrons. The zero-order chi connectivity index (χ0) is 23.0. The maximum atomic E-state index is 13.1. The van der Waals surface area contributed by atoms with Crippen molar-refractivity contribution in [1.29, 1.82) is 0 Å². The van der Waals surface area contributed by atoms with E-state index in [0.29, 0.717) is 17.0 Å². The fourth-order valence-corrected chi connectivity index (χ4v) is 3.31. The summed E-state index contributed by atoms with van der Waals surface area (Å²) in [5.41, 5.74) is 2.19. The Morgan fingerprint density at radius 1 is 1.03 bits per heavy atom. The number of para-hydroxylation sites is 1. The summed E-state index contributed by atoms with van der Waals surface area (Å²) in [6.45, 7) is 5.76. The molecule has 0 heterocycles. The van der Waals surface area contributed by atoms with Gasteiger partial charge in [0, 0.05) is 23.3 Å². The minimum absolute atomic E-state index is 0.102. The Kier molecular flexibility index (Phi) is 9.06. The van der Waals surface area contributed by atoms with Gasteiger partial charge in [-0.1, -0.05) is 57.0 Å². The van der Waals surface area contributed by atoms with Crippen LogP contribution < -0.4 is 10.6 Å². The number of nitrogens with zero attached hydrogens (tertiary/aromatic N) is 1. The van der Waals surface area contributed by atoms with Gasteiger partial charge >= 0.3 is 0 Å². The molecule has 3 amide bonds. The number of benzene rings is 2. The van der Waals surface area contributed by atoms with E-state index < -0.39 is 6.04 Å². The molecule has 2 aromatic carbocycles. The lowest BCUT2D eigenvalue weighted by molar-refractivity contribution is -0.136. The van der Waals surface area contributed by atoms with Crippen molar-refractivity contribution in [1.82, 2.24) is 10.2 Å². The Bertz CT molecular complexity index is 915. The number of halogens is 1. The molecule has 0 saturated heterocycles. The SMILES string of the molecule is CCc1ccccc1NC(=O)CN(C)C(=O)C(NC(=O)c1ccc(Cl)cc1)C(C)CC. The van der Waals surface area contributed by atoms with Gasteiger partial charge in [-0.3, -0.25) is 14.4 Å². The molecule has 0 aliphatic rings. The second-order valence-electron chi connectivity index (χ2n) is 7.60. The van der Waals surface area contributed by atoms with E-state index in [1.54, 1.807) is 31.3 Å². The molecule has 0 bridgehead atoms. The number of rotatable bonds is 9. The molecule has 31 heavy (non-hydrogen) atoms. The van der Waals surface area contributed by atoms with Crippen molar-refractivity contribution in [3.8, 4) is 0 Å². The average Bonchev–Trinajstić information content (AvgIpc) is 2.77. The van der Waals surface area contributed by atoms with Gasteiger partial charge in [0.05, 0.1) is 6.54 Å². The smallest absolute Gasteiger partial charge is 0.251 e. The Morgan fingerprint density at radius 2 is 1.68 bits per heavy atom. The van der Waals surface area contributed by atoms with Crippen LogP contribution in [0.3, 0.4) is 0 Å². The number of hydrogen-bond donors (Lipinski definition) is 2. The normalized spacial score (nSPS) is 12.5. The predicted molar refractivity (Wildman–Crippen MR) is 124 cm³/mol. The number of amides is 3. The molecule has 0 aliphatic carbocycles. The first-order valence-corrected chi connectivity index (χ1v) is 10.8. The molecule has 0 aliphatic heterocycles. The fourth-order valence-electron chi connectivity index (χ4n) is 3.18. The van der Waals surface area contributed by atoms with Crippen molar-refractivity contribution < 1.29 is 14.4 Å². The maximum Gasteiger partial charge on any atom is 0.251 e. The molecule has 0 saturated carbocycles. The lowest BCUT2D eigenvalue weighted by atomic mass is 9.97. The van der Waals surface area contributed by atoms with E-state index in [0.717, 1.165) is 17.7 Å². The molecule has 2 atom stereocenters. The molecule has 2 aromatic rings. The maximum absolute atomic E-state index is 13.1.